The van der Waals surface area contributed by atoms with Gasteiger partial charge in [-0.15, -0.1) is 0 Å². The van der Waals surface area contributed by atoms with E-state index in [9.17, 15) is 72.2 Å². The largest absolute Gasteiger partial charge is 0.391 e. The SMILES string of the molecule is C/C=C1\NC(=O)[C@H](Cc2ccccc2)NC(=O)[C@@H](C(C)C)NC(=O)[C@@H]([C@@H](C)CC)NC(=O)[C@H](NC(=O)[C@H](NC(=O)[C@H](CCCN)NC(=O)[C@H]2CCCN2C(=O)[C@H](NC(=O)[C@@H](NC(=O)[C@@H](NC(=O)[C@H](NC(=O)CCCC(C)C)C(C)C)[C@@H](C)O)C(C)C)C(C)C)[C@@H](C)CC)CNC(=O)[C@H](C(C)C)NC1=O. The zero-order valence-corrected chi connectivity index (χ0v) is 64.5. The van der Waals surface area contributed by atoms with Gasteiger partial charge in [-0.3, -0.25) is 67.1 Å². The normalized spacial score (nSPS) is 21.9. The summed E-state index contributed by atoms with van der Waals surface area (Å²) in [5, 5.41) is 45.9. The number of likely N-dealkylation sites (tertiary alicyclic amines) is 1. The Bertz CT molecular complexity index is 3120. The first-order valence-corrected chi connectivity index (χ1v) is 37.1. The van der Waals surface area contributed by atoms with E-state index < -0.39 is 203 Å². The number of aliphatic hydroxyl groups excluding tert-OH is 1. The number of carbonyl (C=O) groups is 14. The molecule has 0 radical (unpaired) electrons. The van der Waals surface area contributed by atoms with E-state index in [2.05, 4.69) is 69.1 Å². The second kappa shape index (κ2) is 43.7. The van der Waals surface area contributed by atoms with Crippen molar-refractivity contribution in [3.63, 3.8) is 0 Å². The zero-order valence-electron chi connectivity index (χ0n) is 64.5. The van der Waals surface area contributed by atoms with Crippen molar-refractivity contribution in [2.75, 3.05) is 19.6 Å². The summed E-state index contributed by atoms with van der Waals surface area (Å²) in [6.07, 6.45) is 2.72. The highest BCUT2D eigenvalue weighted by Crippen LogP contribution is 2.23. The number of hydrogen-bond acceptors (Lipinski definition) is 16. The van der Waals surface area contributed by atoms with Gasteiger partial charge in [0.05, 0.1) is 6.10 Å². The Balaban J connectivity index is 1.97. The summed E-state index contributed by atoms with van der Waals surface area (Å²) in [6.45, 7) is 30.0. The first kappa shape index (κ1) is 89.7. The average molecular weight is 1460 g/mol. The molecule has 2 saturated heterocycles. The summed E-state index contributed by atoms with van der Waals surface area (Å²) in [5.41, 5.74) is 6.37. The molecule has 1 aromatic carbocycles. The number of rotatable bonds is 33. The molecule has 0 saturated carbocycles. The van der Waals surface area contributed by atoms with Gasteiger partial charge in [0.25, 0.3) is 5.91 Å². The van der Waals surface area contributed by atoms with Crippen molar-refractivity contribution in [2.45, 2.75) is 267 Å². The van der Waals surface area contributed by atoms with Crippen LogP contribution in [0.1, 0.15) is 188 Å². The minimum absolute atomic E-state index is 0.0234. The molecule has 15 atom stereocenters. The van der Waals surface area contributed by atoms with Gasteiger partial charge in [0, 0.05) is 25.9 Å². The van der Waals surface area contributed by atoms with Crippen LogP contribution in [0, 0.1) is 47.3 Å². The van der Waals surface area contributed by atoms with E-state index in [1.807, 2.05) is 13.8 Å². The summed E-state index contributed by atoms with van der Waals surface area (Å²) in [6, 6.07) is -7.21. The maximum atomic E-state index is 14.9. The van der Waals surface area contributed by atoms with Crippen LogP contribution in [0.3, 0.4) is 0 Å². The van der Waals surface area contributed by atoms with Crippen molar-refractivity contribution in [1.29, 1.82) is 0 Å². The molecule has 3 rings (SSSR count). The maximum Gasteiger partial charge on any atom is 0.268 e. The van der Waals surface area contributed by atoms with Crippen LogP contribution in [0.25, 0.3) is 0 Å². The molecule has 30 nitrogen and oxygen atoms in total. The van der Waals surface area contributed by atoms with Crippen LogP contribution >= 0.6 is 0 Å². The number of hydrogen-bond donors (Lipinski definition) is 15. The van der Waals surface area contributed by atoms with Gasteiger partial charge < -0.3 is 84.9 Å². The third-order valence-electron chi connectivity index (χ3n) is 19.0. The number of amides is 14. The Hall–Kier alpha value is -8.54. The maximum absolute atomic E-state index is 14.9. The van der Waals surface area contributed by atoms with Crippen molar-refractivity contribution in [2.24, 2.45) is 53.1 Å². The van der Waals surface area contributed by atoms with Crippen LogP contribution in [0.4, 0.5) is 0 Å². The molecule has 0 bridgehead atoms. The molecular weight excluding hydrogens is 1340 g/mol. The van der Waals surface area contributed by atoms with Crippen LogP contribution < -0.4 is 74.9 Å². The lowest BCUT2D eigenvalue weighted by molar-refractivity contribution is -0.144. The van der Waals surface area contributed by atoms with E-state index >= 15 is 0 Å². The molecular formula is C74H123N15O15. The molecule has 2 aliphatic rings. The number of allylic oxidation sites excluding steroid dienone is 1. The summed E-state index contributed by atoms with van der Waals surface area (Å²) < 4.78 is 0. The zero-order chi connectivity index (χ0) is 78.6. The van der Waals surface area contributed by atoms with E-state index in [0.29, 0.717) is 30.7 Å². The molecule has 0 unspecified atom stereocenters. The van der Waals surface area contributed by atoms with Crippen molar-refractivity contribution >= 4 is 82.7 Å². The van der Waals surface area contributed by atoms with E-state index in [4.69, 9.17) is 5.73 Å². The molecule has 1 aromatic rings. The smallest absolute Gasteiger partial charge is 0.268 e. The molecule has 14 amide bonds. The van der Waals surface area contributed by atoms with Crippen LogP contribution in [0.15, 0.2) is 42.1 Å². The van der Waals surface area contributed by atoms with Crippen molar-refractivity contribution < 1.29 is 72.2 Å². The molecule has 0 spiro atoms. The summed E-state index contributed by atoms with van der Waals surface area (Å²) >= 11 is 0. The molecule has 2 heterocycles. The van der Waals surface area contributed by atoms with E-state index in [1.54, 1.807) is 127 Å². The number of aliphatic hydroxyl groups is 1. The molecule has 16 N–H and O–H groups in total. The molecule has 0 aromatic heterocycles. The van der Waals surface area contributed by atoms with Crippen LogP contribution in [-0.2, 0) is 73.5 Å². The van der Waals surface area contributed by atoms with Crippen LogP contribution in [0.5, 0.6) is 0 Å². The van der Waals surface area contributed by atoms with E-state index in [1.165, 1.54) is 24.8 Å². The minimum Gasteiger partial charge on any atom is -0.391 e. The second-order valence-electron chi connectivity index (χ2n) is 29.9. The Labute approximate surface area is 614 Å². The molecule has 2 fully saturated rings. The third kappa shape index (κ3) is 27.5. The Morgan fingerprint density at radius 3 is 1.66 bits per heavy atom. The van der Waals surface area contributed by atoms with Crippen LogP contribution in [-0.4, -0.2) is 191 Å². The van der Waals surface area contributed by atoms with Gasteiger partial charge in [-0.05, 0) is 105 Å². The van der Waals surface area contributed by atoms with E-state index in [0.717, 1.165) is 6.42 Å². The van der Waals surface area contributed by atoms with E-state index in [-0.39, 0.29) is 63.2 Å². The molecule has 2 aliphatic heterocycles. The average Bonchev–Trinajstić information content (AvgIpc) is 0.953. The highest BCUT2D eigenvalue weighted by Gasteiger charge is 2.44. The summed E-state index contributed by atoms with van der Waals surface area (Å²) in [7, 11) is 0. The Morgan fingerprint density at radius 2 is 1.12 bits per heavy atom. The molecule has 0 aliphatic carbocycles. The first-order chi connectivity index (χ1) is 48.8. The number of carbonyl (C=O) groups excluding carboxylic acids is 14. The standard InChI is InChI=1S/C74H123N15O15/c1-19-44(16)59(71(101)80-51-37-76-67(97)54(39(6)7)82-62(92)48(21-3)77-64(94)50(36-47-29-23-22-24-30-47)79-68(98)56(41(10)11)83-72(102)60(45(17)20-2)87-65(51)95)86-63(93)49(31-26-34-75)78-66(96)52-32-27-35-89(52)74(104)58(43(14)15)85-70(100)57(42(12)13)84-73(103)61(46(18)90)88-69(99)55(40(8)9)81-53(91)33-25-28-38(4)5/h21-24,29-30,38-46,49-52,54-61,90H,19-20,25-28,31-37,75H2,1-18H3,(H,76,97)(H,77,94)(H,78,96)(H,79,98)(H,80,101)(H,81,91)(H,82,92)(H,83,102)(H,84,103)(H,85,100)(H,86,93)(H,87,95)(H,88,99)/b48-21-/t44-,45-,46+,49-,50-,51+,52+,54-,55+,56+,57-,58+,59+,60+,61-/m0/s1. The minimum atomic E-state index is -1.68. The molecule has 584 valence electrons. The van der Waals surface area contributed by atoms with Gasteiger partial charge in [-0.25, -0.2) is 0 Å². The van der Waals surface area contributed by atoms with Gasteiger partial charge in [0.2, 0.25) is 76.8 Å². The lowest BCUT2D eigenvalue weighted by Crippen LogP contribution is -2.64. The topological polar surface area (TPSA) is 445 Å². The highest BCUT2D eigenvalue weighted by molar-refractivity contribution is 6.03. The number of nitrogens with zero attached hydrogens (tertiary/aromatic N) is 1. The van der Waals surface area contributed by atoms with Crippen LogP contribution in [0.2, 0.25) is 0 Å². The van der Waals surface area contributed by atoms with Gasteiger partial charge in [0.1, 0.15) is 78.2 Å². The van der Waals surface area contributed by atoms with Crippen molar-refractivity contribution in [3.8, 4) is 0 Å². The fraction of sp³-hybridized carbons (Fsp3) is 0.703. The number of benzene rings is 1. The fourth-order valence-electron chi connectivity index (χ4n) is 12.0. The summed E-state index contributed by atoms with van der Waals surface area (Å²) in [5.74, 6) is -14.5. The van der Waals surface area contributed by atoms with Crippen molar-refractivity contribution in [1.82, 2.24) is 74.0 Å². The van der Waals surface area contributed by atoms with Crippen molar-refractivity contribution in [3.05, 3.63) is 47.7 Å². The first-order valence-electron chi connectivity index (χ1n) is 37.1. The number of nitrogens with one attached hydrogen (secondary N) is 13. The Kier molecular flexibility index (Phi) is 37.7. The summed E-state index contributed by atoms with van der Waals surface area (Å²) in [4.78, 5) is 201. The predicted molar refractivity (Wildman–Crippen MR) is 393 cm³/mol. The lowest BCUT2D eigenvalue weighted by atomic mass is 9.95. The third-order valence-corrected chi connectivity index (χ3v) is 19.0. The van der Waals surface area contributed by atoms with Gasteiger partial charge >= 0.3 is 0 Å². The number of nitrogens with two attached hydrogens (primary N) is 1. The van der Waals surface area contributed by atoms with Gasteiger partial charge in [-0.2, -0.15) is 0 Å². The Morgan fingerprint density at radius 1 is 0.587 bits per heavy atom. The quantitative estimate of drug-likeness (QED) is 0.0437. The highest BCUT2D eigenvalue weighted by atomic mass is 16.3. The monoisotopic (exact) mass is 1460 g/mol. The second-order valence-corrected chi connectivity index (χ2v) is 29.9. The molecule has 30 heteroatoms. The molecule has 104 heavy (non-hydrogen) atoms. The predicted octanol–water partition coefficient (Wildman–Crippen LogP) is 1.02. The fourth-order valence-corrected chi connectivity index (χ4v) is 12.0. The van der Waals surface area contributed by atoms with Gasteiger partial charge in [-0.1, -0.05) is 166 Å². The van der Waals surface area contributed by atoms with Gasteiger partial charge in [0.15, 0.2) is 0 Å². The lowest BCUT2D eigenvalue weighted by Gasteiger charge is -2.33.